The molecule has 4 aromatic carbocycles. The van der Waals surface area contributed by atoms with Crippen LogP contribution in [0.15, 0.2) is 107 Å². The molecule has 0 aliphatic carbocycles. The highest BCUT2D eigenvalue weighted by Gasteiger charge is 2.34. The molecule has 4 rings (SSSR count). The van der Waals surface area contributed by atoms with Gasteiger partial charge in [-0.2, -0.15) is 0 Å². The van der Waals surface area contributed by atoms with Gasteiger partial charge in [0.1, 0.15) is 12.6 Å². The SMILES string of the molecule is CNC(=O)[C@@H](Cc1ccccc1)N(Cc1ccc(Cl)c(Cl)c1)C(=O)CN(c1ccc(C)cc1)S(=O)(=O)c1ccc(SC)cc1. The van der Waals surface area contributed by atoms with Crippen LogP contribution in [0.1, 0.15) is 16.7 Å². The first-order valence-corrected chi connectivity index (χ1v) is 17.2. The normalized spacial score (nSPS) is 11.9. The van der Waals surface area contributed by atoms with Gasteiger partial charge in [-0.3, -0.25) is 13.9 Å². The topological polar surface area (TPSA) is 86.8 Å². The first-order valence-electron chi connectivity index (χ1n) is 13.8. The van der Waals surface area contributed by atoms with Crippen molar-refractivity contribution < 1.29 is 18.0 Å². The number of anilines is 1. The van der Waals surface area contributed by atoms with E-state index in [-0.39, 0.29) is 23.8 Å². The van der Waals surface area contributed by atoms with E-state index >= 15 is 0 Å². The van der Waals surface area contributed by atoms with Gasteiger partial charge in [-0.05, 0) is 72.8 Å². The molecule has 230 valence electrons. The van der Waals surface area contributed by atoms with Gasteiger partial charge in [0, 0.05) is 24.9 Å². The first kappa shape index (κ1) is 33.4. The monoisotopic (exact) mass is 669 g/mol. The van der Waals surface area contributed by atoms with Crippen molar-refractivity contribution in [2.45, 2.75) is 35.7 Å². The van der Waals surface area contributed by atoms with E-state index in [4.69, 9.17) is 23.2 Å². The molecule has 0 unspecified atom stereocenters. The third-order valence-corrected chi connectivity index (χ3v) is 10.4. The molecule has 1 atom stereocenters. The second kappa shape index (κ2) is 15.0. The van der Waals surface area contributed by atoms with E-state index in [9.17, 15) is 18.0 Å². The van der Waals surface area contributed by atoms with Crippen molar-refractivity contribution in [1.82, 2.24) is 10.2 Å². The van der Waals surface area contributed by atoms with Crippen LogP contribution in [-0.2, 0) is 32.6 Å². The molecule has 0 bridgehead atoms. The second-order valence-corrected chi connectivity index (χ2v) is 13.7. The number of hydrogen-bond donors (Lipinski definition) is 1. The number of thioether (sulfide) groups is 1. The van der Waals surface area contributed by atoms with E-state index in [1.165, 1.54) is 35.8 Å². The van der Waals surface area contributed by atoms with Crippen molar-refractivity contribution >= 4 is 62.5 Å². The number of benzene rings is 4. The molecule has 11 heteroatoms. The molecule has 0 heterocycles. The van der Waals surface area contributed by atoms with Crippen molar-refractivity contribution in [2.75, 3.05) is 24.2 Å². The highest BCUT2D eigenvalue weighted by Crippen LogP contribution is 2.28. The summed E-state index contributed by atoms with van der Waals surface area (Å²) in [5, 5.41) is 3.32. The van der Waals surface area contributed by atoms with Crippen LogP contribution in [0.3, 0.4) is 0 Å². The summed E-state index contributed by atoms with van der Waals surface area (Å²) in [4.78, 5) is 30.1. The number of nitrogens with one attached hydrogen (secondary N) is 1. The van der Waals surface area contributed by atoms with Crippen LogP contribution in [0, 0.1) is 6.92 Å². The first-order chi connectivity index (χ1) is 21.0. The average molecular weight is 671 g/mol. The predicted octanol–water partition coefficient (Wildman–Crippen LogP) is 6.61. The van der Waals surface area contributed by atoms with Gasteiger partial charge in [0.05, 0.1) is 20.6 Å². The second-order valence-electron chi connectivity index (χ2n) is 10.1. The van der Waals surface area contributed by atoms with E-state index in [0.717, 1.165) is 20.3 Å². The van der Waals surface area contributed by atoms with Gasteiger partial charge < -0.3 is 10.2 Å². The Morgan fingerprint density at radius 3 is 2.11 bits per heavy atom. The maximum Gasteiger partial charge on any atom is 0.264 e. The number of hydrogen-bond acceptors (Lipinski definition) is 5. The lowest BCUT2D eigenvalue weighted by Gasteiger charge is -2.33. The fourth-order valence-electron chi connectivity index (χ4n) is 4.67. The van der Waals surface area contributed by atoms with Crippen molar-refractivity contribution in [3.8, 4) is 0 Å². The van der Waals surface area contributed by atoms with E-state index in [0.29, 0.717) is 21.3 Å². The summed E-state index contributed by atoms with van der Waals surface area (Å²) in [6, 6.07) is 26.8. The maximum atomic E-state index is 14.4. The van der Waals surface area contributed by atoms with Gasteiger partial charge in [-0.25, -0.2) is 8.42 Å². The van der Waals surface area contributed by atoms with Crippen LogP contribution in [0.2, 0.25) is 10.0 Å². The zero-order valence-electron chi connectivity index (χ0n) is 24.5. The maximum absolute atomic E-state index is 14.4. The van der Waals surface area contributed by atoms with Gasteiger partial charge in [0.25, 0.3) is 10.0 Å². The Morgan fingerprint density at radius 2 is 1.52 bits per heavy atom. The molecule has 0 fully saturated rings. The highest BCUT2D eigenvalue weighted by molar-refractivity contribution is 7.98. The number of likely N-dealkylation sites (N-methyl/N-ethyl adjacent to an activating group) is 1. The van der Waals surface area contributed by atoms with Crippen molar-refractivity contribution in [1.29, 1.82) is 0 Å². The van der Waals surface area contributed by atoms with Crippen LogP contribution < -0.4 is 9.62 Å². The molecule has 4 aromatic rings. The minimum Gasteiger partial charge on any atom is -0.357 e. The van der Waals surface area contributed by atoms with Crippen LogP contribution >= 0.6 is 35.0 Å². The Kier molecular flexibility index (Phi) is 11.4. The summed E-state index contributed by atoms with van der Waals surface area (Å²) >= 11 is 13.9. The fourth-order valence-corrected chi connectivity index (χ4v) is 6.81. The van der Waals surface area contributed by atoms with Gasteiger partial charge in [-0.15, -0.1) is 11.8 Å². The van der Waals surface area contributed by atoms with Crippen LogP contribution in [-0.4, -0.2) is 51.0 Å². The predicted molar refractivity (Wildman–Crippen MR) is 179 cm³/mol. The molecular formula is C33H33Cl2N3O4S2. The number of nitrogens with zero attached hydrogens (tertiary/aromatic N) is 2. The van der Waals surface area contributed by atoms with E-state index in [1.54, 1.807) is 54.6 Å². The standard InChI is InChI=1S/C33H33Cl2N3O4S2/c1-23-9-12-26(13-10-23)38(44(41,42)28-16-14-27(43-3)15-17-28)22-32(39)37(21-25-11-18-29(34)30(35)19-25)31(33(40)36-2)20-24-7-5-4-6-8-24/h4-19,31H,20-22H2,1-3H3,(H,36,40)/t31-/m1/s1. The van der Waals surface area contributed by atoms with Crippen molar-refractivity contribution in [3.05, 3.63) is 124 Å². The zero-order valence-corrected chi connectivity index (χ0v) is 27.7. The third kappa shape index (κ3) is 8.15. The van der Waals surface area contributed by atoms with E-state index in [2.05, 4.69) is 5.32 Å². The Hall–Kier alpha value is -3.50. The van der Waals surface area contributed by atoms with Gasteiger partial charge in [-0.1, -0.05) is 77.3 Å². The van der Waals surface area contributed by atoms with Crippen LogP contribution in [0.25, 0.3) is 0 Å². The Balaban J connectivity index is 1.79. The van der Waals surface area contributed by atoms with Gasteiger partial charge >= 0.3 is 0 Å². The lowest BCUT2D eigenvalue weighted by molar-refractivity contribution is -0.139. The zero-order chi connectivity index (χ0) is 31.9. The lowest BCUT2D eigenvalue weighted by Crippen LogP contribution is -2.53. The summed E-state index contributed by atoms with van der Waals surface area (Å²) in [6.45, 7) is 1.34. The number of sulfonamides is 1. The van der Waals surface area contributed by atoms with Gasteiger partial charge in [0.2, 0.25) is 11.8 Å². The summed E-state index contributed by atoms with van der Waals surface area (Å²) in [5.41, 5.74) is 2.73. The molecule has 7 nitrogen and oxygen atoms in total. The highest BCUT2D eigenvalue weighted by atomic mass is 35.5. The third-order valence-electron chi connectivity index (χ3n) is 7.10. The average Bonchev–Trinajstić information content (AvgIpc) is 3.03. The molecule has 0 saturated carbocycles. The molecule has 0 aliphatic heterocycles. The Morgan fingerprint density at radius 1 is 0.864 bits per heavy atom. The summed E-state index contributed by atoms with van der Waals surface area (Å²) in [7, 11) is -2.68. The van der Waals surface area contributed by atoms with Crippen molar-refractivity contribution in [3.63, 3.8) is 0 Å². The van der Waals surface area contributed by atoms with E-state index < -0.39 is 28.5 Å². The number of carbonyl (C=O) groups excluding carboxylic acids is 2. The van der Waals surface area contributed by atoms with E-state index in [1.807, 2.05) is 43.5 Å². The molecule has 0 radical (unpaired) electrons. The van der Waals surface area contributed by atoms with Crippen molar-refractivity contribution in [2.24, 2.45) is 0 Å². The number of rotatable bonds is 12. The minimum absolute atomic E-state index is 0.00908. The van der Waals surface area contributed by atoms with Crippen LogP contribution in [0.4, 0.5) is 5.69 Å². The largest absolute Gasteiger partial charge is 0.357 e. The number of carbonyl (C=O) groups is 2. The molecule has 0 aliphatic rings. The van der Waals surface area contributed by atoms with Gasteiger partial charge in [0.15, 0.2) is 0 Å². The number of aryl methyl sites for hydroxylation is 1. The fraction of sp³-hybridized carbons (Fsp3) is 0.212. The smallest absolute Gasteiger partial charge is 0.264 e. The number of halogens is 2. The summed E-state index contributed by atoms with van der Waals surface area (Å²) < 4.78 is 29.3. The molecule has 0 spiro atoms. The molecule has 0 saturated heterocycles. The molecule has 0 aromatic heterocycles. The quantitative estimate of drug-likeness (QED) is 0.172. The molecule has 1 N–H and O–H groups in total. The minimum atomic E-state index is -4.18. The number of amides is 2. The molecular weight excluding hydrogens is 637 g/mol. The summed E-state index contributed by atoms with van der Waals surface area (Å²) in [5.74, 6) is -0.954. The molecule has 2 amide bonds. The van der Waals surface area contributed by atoms with Crippen LogP contribution in [0.5, 0.6) is 0 Å². The lowest BCUT2D eigenvalue weighted by atomic mass is 10.0. The molecule has 44 heavy (non-hydrogen) atoms. The Labute approximate surface area is 273 Å². The Bertz CT molecular complexity index is 1700. The summed E-state index contributed by atoms with van der Waals surface area (Å²) in [6.07, 6.45) is 2.11.